The lowest BCUT2D eigenvalue weighted by Gasteiger charge is -2.19. The summed E-state index contributed by atoms with van der Waals surface area (Å²) in [7, 11) is 11.1. The SMILES string of the molecule is CC(C(=O)N(C)C)n1cc(CNC(=O)c2ccc(-c3c4ccc(=[N+](C)C)cc-4oc4cc(N(C)C)ccc34)c(C(=O)O)c2)nn1. The van der Waals surface area contributed by atoms with Crippen LogP contribution in [-0.2, 0) is 11.3 Å². The van der Waals surface area contributed by atoms with Crippen molar-refractivity contribution in [3.63, 3.8) is 0 Å². The van der Waals surface area contributed by atoms with E-state index >= 15 is 0 Å². The van der Waals surface area contributed by atoms with Crippen LogP contribution in [0.2, 0.25) is 0 Å². The molecule has 2 N–H and O–H groups in total. The Morgan fingerprint density at radius 3 is 2.40 bits per heavy atom. The van der Waals surface area contributed by atoms with Gasteiger partial charge in [0.05, 0.1) is 24.4 Å². The summed E-state index contributed by atoms with van der Waals surface area (Å²) in [5.41, 5.74) is 4.06. The highest BCUT2D eigenvalue weighted by Crippen LogP contribution is 2.42. The molecule has 2 aromatic carbocycles. The summed E-state index contributed by atoms with van der Waals surface area (Å²) >= 11 is 0. The Labute approximate surface area is 260 Å². The molecule has 0 bridgehead atoms. The van der Waals surface area contributed by atoms with Crippen LogP contribution in [0.5, 0.6) is 0 Å². The summed E-state index contributed by atoms with van der Waals surface area (Å²) in [6.07, 6.45) is 1.60. The number of rotatable bonds is 8. The second-order valence-electron chi connectivity index (χ2n) is 11.5. The monoisotopic (exact) mass is 610 g/mol. The normalized spacial score (nSPS) is 11.8. The van der Waals surface area contributed by atoms with Crippen molar-refractivity contribution < 1.29 is 23.9 Å². The molecule has 1 aromatic heterocycles. The number of likely N-dealkylation sites (N-methyl/N-ethyl adjacent to an activating group) is 1. The summed E-state index contributed by atoms with van der Waals surface area (Å²) in [5, 5.41) is 22.9. The average Bonchev–Trinajstić information content (AvgIpc) is 3.49. The topological polar surface area (TPSA) is 137 Å². The van der Waals surface area contributed by atoms with Crippen molar-refractivity contribution in [1.82, 2.24) is 29.8 Å². The van der Waals surface area contributed by atoms with Crippen LogP contribution >= 0.6 is 0 Å². The van der Waals surface area contributed by atoms with Gasteiger partial charge in [0.1, 0.15) is 37.2 Å². The highest BCUT2D eigenvalue weighted by atomic mass is 16.4. The van der Waals surface area contributed by atoms with Crippen molar-refractivity contribution in [2.45, 2.75) is 19.5 Å². The van der Waals surface area contributed by atoms with E-state index in [0.717, 1.165) is 22.0 Å². The zero-order chi connectivity index (χ0) is 32.6. The molecule has 1 atom stereocenters. The standard InChI is InChI=1S/C33H35N7O5/c1-19(32(42)39(6)7)40-18-21(35-36-40)17-34-31(41)20-8-11-24(27(14-20)33(43)44)30-25-12-9-22(37(2)3)15-28(25)45-29-16-23(38(4)5)10-13-26(29)30/h8-16,18-19H,17H2,1-7H3,(H-,34,41,43,44)/p+1. The van der Waals surface area contributed by atoms with Gasteiger partial charge in [-0.05, 0) is 42.8 Å². The van der Waals surface area contributed by atoms with Gasteiger partial charge in [-0.15, -0.1) is 5.10 Å². The van der Waals surface area contributed by atoms with Gasteiger partial charge in [0.25, 0.3) is 5.91 Å². The van der Waals surface area contributed by atoms with Crippen LogP contribution in [0.3, 0.4) is 0 Å². The molecule has 2 heterocycles. The number of nitrogens with zero attached hydrogens (tertiary/aromatic N) is 6. The molecule has 1 aliphatic carbocycles. The number of aromatic nitrogens is 3. The van der Waals surface area contributed by atoms with E-state index in [1.54, 1.807) is 39.3 Å². The summed E-state index contributed by atoms with van der Waals surface area (Å²) < 4.78 is 9.77. The Morgan fingerprint density at radius 2 is 1.73 bits per heavy atom. The van der Waals surface area contributed by atoms with Crippen molar-refractivity contribution >= 4 is 34.4 Å². The third-order valence-corrected chi connectivity index (χ3v) is 7.69. The van der Waals surface area contributed by atoms with Crippen LogP contribution in [-0.4, -0.2) is 85.1 Å². The molecular weight excluding hydrogens is 574 g/mol. The fraction of sp³-hybridized carbons (Fsp3) is 0.273. The molecular formula is C33H36N7O5+. The lowest BCUT2D eigenvalue weighted by Crippen LogP contribution is -2.30. The number of carbonyl (C=O) groups is 3. The number of nitrogens with one attached hydrogen (secondary N) is 1. The van der Waals surface area contributed by atoms with Crippen LogP contribution in [0.1, 0.15) is 39.4 Å². The minimum Gasteiger partial charge on any atom is -0.478 e. The summed E-state index contributed by atoms with van der Waals surface area (Å²) in [6, 6.07) is 15.7. The molecule has 12 heteroatoms. The van der Waals surface area contributed by atoms with E-state index in [2.05, 4.69) is 15.6 Å². The number of aromatic carboxylic acids is 1. The van der Waals surface area contributed by atoms with Crippen molar-refractivity contribution in [2.75, 3.05) is 47.2 Å². The quantitative estimate of drug-likeness (QED) is 0.202. The first kappa shape index (κ1) is 30.9. The lowest BCUT2D eigenvalue weighted by molar-refractivity contribution is -0.132. The zero-order valence-electron chi connectivity index (χ0n) is 26.3. The van der Waals surface area contributed by atoms with Crippen molar-refractivity contribution in [3.8, 4) is 22.5 Å². The maximum absolute atomic E-state index is 13.2. The first-order chi connectivity index (χ1) is 21.3. The second-order valence-corrected chi connectivity index (χ2v) is 11.5. The molecule has 3 aromatic rings. The molecule has 2 amide bonds. The number of anilines is 1. The van der Waals surface area contributed by atoms with Gasteiger partial charge in [-0.2, -0.15) is 0 Å². The van der Waals surface area contributed by atoms with E-state index in [-0.39, 0.29) is 23.6 Å². The third-order valence-electron chi connectivity index (χ3n) is 7.69. The molecule has 12 nitrogen and oxygen atoms in total. The maximum Gasteiger partial charge on any atom is 0.336 e. The molecule has 0 saturated heterocycles. The number of carboxylic acid groups (broad SMARTS) is 1. The van der Waals surface area contributed by atoms with Gasteiger partial charge in [0.15, 0.2) is 0 Å². The van der Waals surface area contributed by atoms with Crippen LogP contribution in [0, 0.1) is 0 Å². The molecule has 45 heavy (non-hydrogen) atoms. The van der Waals surface area contributed by atoms with Crippen molar-refractivity contribution in [3.05, 3.63) is 83.0 Å². The molecule has 0 fully saturated rings. The summed E-state index contributed by atoms with van der Waals surface area (Å²) in [4.78, 5) is 41.5. The van der Waals surface area contributed by atoms with Crippen molar-refractivity contribution in [2.24, 2.45) is 0 Å². The Bertz CT molecular complexity index is 1990. The van der Waals surface area contributed by atoms with Crippen LogP contribution in [0.25, 0.3) is 33.4 Å². The highest BCUT2D eigenvalue weighted by Gasteiger charge is 2.24. The molecule has 232 valence electrons. The van der Waals surface area contributed by atoms with E-state index < -0.39 is 17.9 Å². The number of carboxylic acids is 1. The molecule has 1 aliphatic heterocycles. The minimum atomic E-state index is -1.17. The molecule has 0 radical (unpaired) electrons. The fourth-order valence-electron chi connectivity index (χ4n) is 5.14. The maximum atomic E-state index is 13.2. The highest BCUT2D eigenvalue weighted by molar-refractivity contribution is 6.09. The molecule has 0 saturated carbocycles. The zero-order valence-corrected chi connectivity index (χ0v) is 26.3. The predicted molar refractivity (Wildman–Crippen MR) is 171 cm³/mol. The first-order valence-corrected chi connectivity index (χ1v) is 14.3. The molecule has 5 rings (SSSR count). The van der Waals surface area contributed by atoms with Gasteiger partial charge in [-0.1, -0.05) is 11.3 Å². The van der Waals surface area contributed by atoms with Gasteiger partial charge in [-0.25, -0.2) is 14.1 Å². The number of carbonyl (C=O) groups excluding carboxylic acids is 2. The van der Waals surface area contributed by atoms with Gasteiger partial charge in [-0.3, -0.25) is 9.59 Å². The third kappa shape index (κ3) is 6.12. The van der Waals surface area contributed by atoms with Gasteiger partial charge in [0, 0.05) is 68.1 Å². The molecule has 0 spiro atoms. The second kappa shape index (κ2) is 12.2. The van der Waals surface area contributed by atoms with Crippen LogP contribution < -0.4 is 20.1 Å². The summed E-state index contributed by atoms with van der Waals surface area (Å²) in [5.74, 6) is -1.17. The van der Waals surface area contributed by atoms with Gasteiger partial charge in [0.2, 0.25) is 11.3 Å². The smallest absolute Gasteiger partial charge is 0.336 e. The Balaban J connectivity index is 1.53. The van der Waals surface area contributed by atoms with E-state index in [9.17, 15) is 19.5 Å². The largest absolute Gasteiger partial charge is 0.478 e. The number of hydrogen-bond donors (Lipinski definition) is 2. The first-order valence-electron chi connectivity index (χ1n) is 14.3. The Morgan fingerprint density at radius 1 is 1.00 bits per heavy atom. The number of hydrogen-bond acceptors (Lipinski definition) is 7. The van der Waals surface area contributed by atoms with Crippen LogP contribution in [0.15, 0.2) is 65.2 Å². The minimum absolute atomic E-state index is 0.0215. The van der Waals surface area contributed by atoms with E-state index in [0.29, 0.717) is 28.2 Å². The van der Waals surface area contributed by atoms with E-state index in [1.165, 1.54) is 15.6 Å². The number of amides is 2. The Hall–Kier alpha value is -5.52. The molecule has 1 unspecified atom stereocenters. The van der Waals surface area contributed by atoms with Gasteiger partial charge < -0.3 is 24.6 Å². The number of benzene rings is 3. The summed E-state index contributed by atoms with van der Waals surface area (Å²) in [6.45, 7) is 1.76. The number of fused-ring (bicyclic) bond motifs is 2. The van der Waals surface area contributed by atoms with E-state index in [1.807, 2.05) is 74.1 Å². The Kier molecular flexibility index (Phi) is 8.40. The predicted octanol–water partition coefficient (Wildman–Crippen LogP) is 3.17. The fourth-order valence-corrected chi connectivity index (χ4v) is 5.14. The van der Waals surface area contributed by atoms with Crippen LogP contribution in [0.4, 0.5) is 5.69 Å². The van der Waals surface area contributed by atoms with Gasteiger partial charge >= 0.3 is 5.97 Å². The van der Waals surface area contributed by atoms with E-state index in [4.69, 9.17) is 4.42 Å². The lowest BCUT2D eigenvalue weighted by atomic mass is 9.89. The molecule has 2 aliphatic rings. The average molecular weight is 611 g/mol. The van der Waals surface area contributed by atoms with Crippen molar-refractivity contribution in [1.29, 1.82) is 0 Å².